The Morgan fingerprint density at radius 3 is 2.45 bits per heavy atom. The van der Waals surface area contributed by atoms with Crippen LogP contribution in [0.2, 0.25) is 0 Å². The van der Waals surface area contributed by atoms with Crippen molar-refractivity contribution in [3.63, 3.8) is 0 Å². The Kier molecular flexibility index (Phi) is 6.00. The predicted octanol–water partition coefficient (Wildman–Crippen LogP) is 4.59. The number of rotatable bonds is 4. The molecule has 0 unspecified atom stereocenters. The maximum absolute atomic E-state index is 12.5. The van der Waals surface area contributed by atoms with Crippen LogP contribution in [0.1, 0.15) is 43.9 Å². The highest BCUT2D eigenvalue weighted by Gasteiger charge is 2.27. The number of carbonyl (C=O) groups is 1. The molecule has 29 heavy (non-hydrogen) atoms. The van der Waals surface area contributed by atoms with Crippen LogP contribution < -0.4 is 4.90 Å². The molecule has 1 amide bonds. The lowest BCUT2D eigenvalue weighted by Gasteiger charge is -2.32. The lowest BCUT2D eigenvalue weighted by molar-refractivity contribution is 0.0578. The fourth-order valence-corrected chi connectivity index (χ4v) is 4.06. The van der Waals surface area contributed by atoms with Crippen molar-refractivity contribution in [3.8, 4) is 0 Å². The molecule has 0 bridgehead atoms. The van der Waals surface area contributed by atoms with Crippen molar-refractivity contribution in [2.75, 3.05) is 11.4 Å². The third-order valence-electron chi connectivity index (χ3n) is 4.57. The molecule has 0 radical (unpaired) electrons. The smallest absolute Gasteiger partial charge is 0.414 e. The van der Waals surface area contributed by atoms with Crippen LogP contribution in [0, 0.1) is 6.92 Å². The Labute approximate surface area is 172 Å². The number of nitrogens with zero attached hydrogens (tertiary/aromatic N) is 1. The summed E-state index contributed by atoms with van der Waals surface area (Å²) in [6.07, 6.45) is 1.26. The van der Waals surface area contributed by atoms with Crippen LogP contribution in [0.4, 0.5) is 10.5 Å². The molecular formula is C22H27NO5S. The average molecular weight is 418 g/mol. The van der Waals surface area contributed by atoms with Gasteiger partial charge in [-0.1, -0.05) is 29.8 Å². The van der Waals surface area contributed by atoms with Crippen molar-refractivity contribution < 1.29 is 22.1 Å². The van der Waals surface area contributed by atoms with E-state index in [1.165, 1.54) is 12.1 Å². The number of benzene rings is 2. The molecule has 7 heteroatoms. The summed E-state index contributed by atoms with van der Waals surface area (Å²) in [5, 5.41) is 0. The molecule has 0 N–H and O–H groups in total. The predicted molar refractivity (Wildman–Crippen MR) is 111 cm³/mol. The molecule has 0 saturated carbocycles. The monoisotopic (exact) mass is 417 g/mol. The van der Waals surface area contributed by atoms with Gasteiger partial charge in [-0.25, -0.2) is 4.79 Å². The van der Waals surface area contributed by atoms with Crippen LogP contribution in [0.5, 0.6) is 0 Å². The van der Waals surface area contributed by atoms with Crippen molar-refractivity contribution in [1.82, 2.24) is 0 Å². The van der Waals surface area contributed by atoms with E-state index in [1.54, 1.807) is 23.1 Å². The summed E-state index contributed by atoms with van der Waals surface area (Å²) >= 11 is 0. The fourth-order valence-electron chi connectivity index (χ4n) is 3.17. The minimum atomic E-state index is -3.83. The van der Waals surface area contributed by atoms with E-state index in [-0.39, 0.29) is 17.6 Å². The maximum atomic E-state index is 12.5. The van der Waals surface area contributed by atoms with Gasteiger partial charge in [-0.15, -0.1) is 0 Å². The van der Waals surface area contributed by atoms with Gasteiger partial charge in [0.05, 0.1) is 17.2 Å². The number of anilines is 1. The molecule has 1 aliphatic heterocycles. The fraction of sp³-hybridized carbons (Fsp3) is 0.409. The third-order valence-corrected chi connectivity index (χ3v) is 5.84. The second-order valence-electron chi connectivity index (χ2n) is 8.23. The molecule has 1 aliphatic rings. The second kappa shape index (κ2) is 8.16. The highest BCUT2D eigenvalue weighted by atomic mass is 32.2. The topological polar surface area (TPSA) is 72.9 Å². The van der Waals surface area contributed by atoms with E-state index in [1.807, 2.05) is 39.8 Å². The highest BCUT2D eigenvalue weighted by Crippen LogP contribution is 2.30. The molecule has 0 aliphatic carbocycles. The van der Waals surface area contributed by atoms with Crippen LogP contribution in [0.25, 0.3) is 0 Å². The Balaban J connectivity index is 1.73. The molecule has 0 saturated heterocycles. The van der Waals surface area contributed by atoms with Gasteiger partial charge in [0.25, 0.3) is 10.1 Å². The van der Waals surface area contributed by atoms with Crippen molar-refractivity contribution in [2.24, 2.45) is 0 Å². The maximum Gasteiger partial charge on any atom is 0.414 e. The first-order chi connectivity index (χ1) is 13.5. The summed E-state index contributed by atoms with van der Waals surface area (Å²) < 4.78 is 35.5. The largest absolute Gasteiger partial charge is 0.443 e. The average Bonchev–Trinajstić information content (AvgIpc) is 2.64. The Morgan fingerprint density at radius 1 is 1.10 bits per heavy atom. The van der Waals surface area contributed by atoms with Crippen LogP contribution >= 0.6 is 0 Å². The third kappa shape index (κ3) is 5.36. The second-order valence-corrected chi connectivity index (χ2v) is 9.84. The van der Waals surface area contributed by atoms with Gasteiger partial charge >= 0.3 is 6.09 Å². The van der Waals surface area contributed by atoms with E-state index >= 15 is 0 Å². The highest BCUT2D eigenvalue weighted by molar-refractivity contribution is 7.86. The van der Waals surface area contributed by atoms with Gasteiger partial charge in [-0.3, -0.25) is 9.08 Å². The summed E-state index contributed by atoms with van der Waals surface area (Å²) in [5.41, 5.74) is 2.94. The van der Waals surface area contributed by atoms with Gasteiger partial charge in [0.2, 0.25) is 0 Å². The summed E-state index contributed by atoms with van der Waals surface area (Å²) in [6.45, 7) is 7.94. The zero-order valence-corrected chi connectivity index (χ0v) is 18.1. The van der Waals surface area contributed by atoms with E-state index in [4.69, 9.17) is 8.92 Å². The number of carbonyl (C=O) groups excluding carboxylic acids is 1. The number of fused-ring (bicyclic) bond motifs is 1. The van der Waals surface area contributed by atoms with E-state index in [9.17, 15) is 13.2 Å². The number of hydrogen-bond acceptors (Lipinski definition) is 5. The Bertz CT molecular complexity index is 991. The first kappa shape index (κ1) is 21.3. The van der Waals surface area contributed by atoms with Crippen LogP contribution in [0.15, 0.2) is 47.4 Å². The molecule has 3 rings (SSSR count). The Morgan fingerprint density at radius 2 is 1.79 bits per heavy atom. The first-order valence-electron chi connectivity index (χ1n) is 9.64. The minimum absolute atomic E-state index is 0.0596. The SMILES string of the molecule is Cc1ccc(S(=O)(=O)OCc2ccc3c(c2)CCCN3C(=O)OC(C)(C)C)cc1. The number of hydrogen-bond donors (Lipinski definition) is 0. The van der Waals surface area contributed by atoms with Crippen LogP contribution in [-0.2, 0) is 32.1 Å². The van der Waals surface area contributed by atoms with Crippen molar-refractivity contribution >= 4 is 21.9 Å². The quantitative estimate of drug-likeness (QED) is 0.681. The molecular weight excluding hydrogens is 390 g/mol. The Hall–Kier alpha value is -2.38. The van der Waals surface area contributed by atoms with Crippen LogP contribution in [-0.4, -0.2) is 26.7 Å². The zero-order chi connectivity index (χ0) is 21.2. The zero-order valence-electron chi connectivity index (χ0n) is 17.3. The van der Waals surface area contributed by atoms with Gasteiger partial charge in [0.1, 0.15) is 5.60 Å². The standard InChI is InChI=1S/C22H27NO5S/c1-16-7-10-19(11-8-16)29(25,26)27-15-17-9-12-20-18(14-17)6-5-13-23(20)21(24)28-22(2,3)4/h7-12,14H,5-6,13,15H2,1-4H3. The first-order valence-corrected chi connectivity index (χ1v) is 11.0. The molecule has 0 aromatic heterocycles. The van der Waals surface area contributed by atoms with E-state index in [2.05, 4.69) is 0 Å². The van der Waals surface area contributed by atoms with Crippen molar-refractivity contribution in [1.29, 1.82) is 0 Å². The summed E-state index contributed by atoms with van der Waals surface area (Å²) in [5.74, 6) is 0. The van der Waals surface area contributed by atoms with E-state index in [0.717, 1.165) is 35.2 Å². The van der Waals surface area contributed by atoms with Gasteiger partial charge in [0.15, 0.2) is 0 Å². The molecule has 0 fully saturated rings. The molecule has 156 valence electrons. The van der Waals surface area contributed by atoms with Crippen molar-refractivity contribution in [3.05, 3.63) is 59.2 Å². The van der Waals surface area contributed by atoms with E-state index in [0.29, 0.717) is 6.54 Å². The molecule has 1 heterocycles. The lowest BCUT2D eigenvalue weighted by atomic mass is 10.00. The van der Waals surface area contributed by atoms with Gasteiger partial charge in [-0.05, 0) is 69.9 Å². The molecule has 6 nitrogen and oxygen atoms in total. The molecule has 2 aromatic rings. The summed E-state index contributed by atoms with van der Waals surface area (Å²) in [4.78, 5) is 14.3. The minimum Gasteiger partial charge on any atom is -0.443 e. The summed E-state index contributed by atoms with van der Waals surface area (Å²) in [7, 11) is -3.83. The molecule has 0 spiro atoms. The molecule has 2 aromatic carbocycles. The van der Waals surface area contributed by atoms with Gasteiger partial charge in [0, 0.05) is 6.54 Å². The number of amides is 1. The van der Waals surface area contributed by atoms with Crippen LogP contribution in [0.3, 0.4) is 0 Å². The molecule has 0 atom stereocenters. The number of ether oxygens (including phenoxy) is 1. The number of aryl methyl sites for hydroxylation is 2. The van der Waals surface area contributed by atoms with E-state index < -0.39 is 15.7 Å². The van der Waals surface area contributed by atoms with Crippen molar-refractivity contribution in [2.45, 2.75) is 57.6 Å². The summed E-state index contributed by atoms with van der Waals surface area (Å²) in [6, 6.07) is 12.1. The normalized spacial score (nSPS) is 14.4. The lowest BCUT2D eigenvalue weighted by Crippen LogP contribution is -2.39. The van der Waals surface area contributed by atoms with Gasteiger partial charge < -0.3 is 4.74 Å². The van der Waals surface area contributed by atoms with Gasteiger partial charge in [-0.2, -0.15) is 8.42 Å².